The summed E-state index contributed by atoms with van der Waals surface area (Å²) in [6.07, 6.45) is 4.67. The van der Waals surface area contributed by atoms with Gasteiger partial charge in [0.15, 0.2) is 0 Å². The lowest BCUT2D eigenvalue weighted by Crippen LogP contribution is -1.85. The van der Waals surface area contributed by atoms with E-state index in [0.29, 0.717) is 0 Å². The molecule has 72 valence electrons. The first-order valence-corrected chi connectivity index (χ1v) is 4.76. The lowest BCUT2D eigenvalue weighted by Gasteiger charge is -1.97. The van der Waals surface area contributed by atoms with Crippen LogP contribution in [0.3, 0.4) is 0 Å². The van der Waals surface area contributed by atoms with Crippen molar-refractivity contribution < 1.29 is 0 Å². The van der Waals surface area contributed by atoms with Gasteiger partial charge in [0.05, 0.1) is 0 Å². The van der Waals surface area contributed by atoms with Crippen molar-refractivity contribution in [3.63, 3.8) is 0 Å². The summed E-state index contributed by atoms with van der Waals surface area (Å²) in [5, 5.41) is 0. The molecule has 0 unspecified atom stereocenters. The van der Waals surface area contributed by atoms with E-state index in [1.165, 1.54) is 0 Å². The van der Waals surface area contributed by atoms with Crippen LogP contribution in [0.25, 0.3) is 11.4 Å². The number of hydrogen-bond donors (Lipinski definition) is 1. The number of aryl methyl sites for hydroxylation is 2. The molecule has 0 atom stereocenters. The minimum absolute atomic E-state index is 0.923. The fraction of sp³-hybridized carbons (Fsp3) is 0.273. The fourth-order valence-corrected chi connectivity index (χ4v) is 1.38. The highest BCUT2D eigenvalue weighted by Gasteiger charge is 2.02. The summed E-state index contributed by atoms with van der Waals surface area (Å²) < 4.78 is 0. The van der Waals surface area contributed by atoms with E-state index in [2.05, 4.69) is 21.9 Å². The van der Waals surface area contributed by atoms with Gasteiger partial charge in [0, 0.05) is 29.3 Å². The van der Waals surface area contributed by atoms with Crippen LogP contribution in [-0.4, -0.2) is 15.0 Å². The van der Waals surface area contributed by atoms with Gasteiger partial charge in [-0.1, -0.05) is 6.92 Å². The summed E-state index contributed by atoms with van der Waals surface area (Å²) in [5.41, 5.74) is 3.27. The van der Waals surface area contributed by atoms with Crippen molar-refractivity contribution in [1.82, 2.24) is 15.0 Å². The number of nitrogens with one attached hydrogen (secondary N) is 1. The third-order valence-electron chi connectivity index (χ3n) is 2.18. The molecule has 0 aromatic carbocycles. The van der Waals surface area contributed by atoms with Crippen molar-refractivity contribution in [2.45, 2.75) is 20.3 Å². The van der Waals surface area contributed by atoms with Crippen LogP contribution in [-0.2, 0) is 6.42 Å². The van der Waals surface area contributed by atoms with E-state index in [4.69, 9.17) is 0 Å². The zero-order valence-corrected chi connectivity index (χ0v) is 8.41. The number of rotatable bonds is 2. The smallest absolute Gasteiger partial charge is 0.137 e. The second-order valence-electron chi connectivity index (χ2n) is 3.30. The summed E-state index contributed by atoms with van der Waals surface area (Å²) in [7, 11) is 0. The molecule has 3 nitrogen and oxygen atoms in total. The summed E-state index contributed by atoms with van der Waals surface area (Å²) >= 11 is 0. The molecule has 0 aliphatic heterocycles. The average molecular weight is 187 g/mol. The first kappa shape index (κ1) is 8.94. The van der Waals surface area contributed by atoms with Gasteiger partial charge in [0.2, 0.25) is 0 Å². The third kappa shape index (κ3) is 1.66. The van der Waals surface area contributed by atoms with Gasteiger partial charge >= 0.3 is 0 Å². The quantitative estimate of drug-likeness (QED) is 0.784. The molecule has 1 N–H and O–H groups in total. The molecular formula is C11H13N3. The molecule has 0 spiro atoms. The molecule has 3 heteroatoms. The molecule has 0 radical (unpaired) electrons. The van der Waals surface area contributed by atoms with Crippen molar-refractivity contribution in [3.8, 4) is 11.4 Å². The Labute approximate surface area is 83.2 Å². The van der Waals surface area contributed by atoms with Crippen LogP contribution in [0.4, 0.5) is 0 Å². The zero-order valence-electron chi connectivity index (χ0n) is 8.41. The number of pyridine rings is 1. The fourth-order valence-electron chi connectivity index (χ4n) is 1.38. The molecule has 2 rings (SSSR count). The molecule has 0 aliphatic rings. The van der Waals surface area contributed by atoms with Crippen LogP contribution >= 0.6 is 0 Å². The van der Waals surface area contributed by atoms with Crippen molar-refractivity contribution >= 4 is 0 Å². The molecule has 0 amide bonds. The van der Waals surface area contributed by atoms with E-state index >= 15 is 0 Å². The Bertz CT molecular complexity index is 432. The Balaban J connectivity index is 2.39. The molecule has 2 aromatic rings. The van der Waals surface area contributed by atoms with Gasteiger partial charge in [-0.2, -0.15) is 0 Å². The highest BCUT2D eigenvalue weighted by Crippen LogP contribution is 2.15. The molecule has 0 saturated heterocycles. The molecule has 0 fully saturated rings. The number of aromatic nitrogens is 3. The maximum absolute atomic E-state index is 4.32. The molecular weight excluding hydrogens is 174 g/mol. The highest BCUT2D eigenvalue weighted by molar-refractivity contribution is 5.54. The van der Waals surface area contributed by atoms with Crippen LogP contribution in [0.5, 0.6) is 0 Å². The van der Waals surface area contributed by atoms with Crippen LogP contribution in [0.15, 0.2) is 24.5 Å². The molecule has 2 aromatic heterocycles. The summed E-state index contributed by atoms with van der Waals surface area (Å²) in [5.74, 6) is 0.923. The third-order valence-corrected chi connectivity index (χ3v) is 2.18. The Hall–Kier alpha value is -1.64. The first-order chi connectivity index (χ1) is 6.79. The predicted molar refractivity (Wildman–Crippen MR) is 55.9 cm³/mol. The highest BCUT2D eigenvalue weighted by atomic mass is 14.9. The molecule has 0 aliphatic carbocycles. The Morgan fingerprint density at radius 1 is 1.36 bits per heavy atom. The van der Waals surface area contributed by atoms with Gasteiger partial charge in [-0.15, -0.1) is 0 Å². The van der Waals surface area contributed by atoms with E-state index in [1.807, 2.05) is 25.3 Å². The largest absolute Gasteiger partial charge is 0.342 e. The Kier molecular flexibility index (Phi) is 2.31. The van der Waals surface area contributed by atoms with Crippen LogP contribution in [0, 0.1) is 6.92 Å². The van der Waals surface area contributed by atoms with Crippen molar-refractivity contribution in [1.29, 1.82) is 0 Å². The predicted octanol–water partition coefficient (Wildman–Crippen LogP) is 2.34. The number of H-pyrrole nitrogens is 1. The molecule has 2 heterocycles. The van der Waals surface area contributed by atoms with E-state index in [1.54, 1.807) is 6.20 Å². The molecule has 0 saturated carbocycles. The van der Waals surface area contributed by atoms with Gasteiger partial charge < -0.3 is 4.98 Å². The molecule has 0 bridgehead atoms. The van der Waals surface area contributed by atoms with E-state index < -0.39 is 0 Å². The van der Waals surface area contributed by atoms with Crippen molar-refractivity contribution in [2.75, 3.05) is 0 Å². The van der Waals surface area contributed by atoms with Gasteiger partial charge in [0.1, 0.15) is 5.82 Å². The second kappa shape index (κ2) is 3.62. The maximum Gasteiger partial charge on any atom is 0.137 e. The van der Waals surface area contributed by atoms with E-state index in [9.17, 15) is 0 Å². The number of hydrogen-bond acceptors (Lipinski definition) is 2. The topological polar surface area (TPSA) is 41.6 Å². The number of aromatic amines is 1. The van der Waals surface area contributed by atoms with Crippen molar-refractivity contribution in [3.05, 3.63) is 35.9 Å². The lowest BCUT2D eigenvalue weighted by atomic mass is 10.2. The molecule has 14 heavy (non-hydrogen) atoms. The average Bonchev–Trinajstić information content (AvgIpc) is 2.66. The minimum Gasteiger partial charge on any atom is -0.342 e. The zero-order chi connectivity index (χ0) is 9.97. The monoisotopic (exact) mass is 187 g/mol. The normalized spacial score (nSPS) is 10.4. The van der Waals surface area contributed by atoms with Crippen LogP contribution < -0.4 is 0 Å². The Morgan fingerprint density at radius 3 is 2.86 bits per heavy atom. The number of nitrogens with zero attached hydrogens (tertiary/aromatic N) is 2. The minimum atomic E-state index is 0.923. The van der Waals surface area contributed by atoms with E-state index in [0.717, 1.165) is 29.2 Å². The summed E-state index contributed by atoms with van der Waals surface area (Å²) in [6, 6.07) is 3.99. The maximum atomic E-state index is 4.32. The van der Waals surface area contributed by atoms with Crippen LogP contribution in [0.1, 0.15) is 18.3 Å². The SMILES string of the molecule is CCc1cnc(-c2ccnc(C)c2)[nH]1. The first-order valence-electron chi connectivity index (χ1n) is 4.76. The van der Waals surface area contributed by atoms with Crippen LogP contribution in [0.2, 0.25) is 0 Å². The number of imidazole rings is 1. The van der Waals surface area contributed by atoms with Gasteiger partial charge in [-0.05, 0) is 25.5 Å². The van der Waals surface area contributed by atoms with E-state index in [-0.39, 0.29) is 0 Å². The van der Waals surface area contributed by atoms with Gasteiger partial charge in [-0.3, -0.25) is 4.98 Å². The van der Waals surface area contributed by atoms with Gasteiger partial charge in [0.25, 0.3) is 0 Å². The lowest BCUT2D eigenvalue weighted by molar-refractivity contribution is 1.06. The second-order valence-corrected chi connectivity index (χ2v) is 3.30. The Morgan fingerprint density at radius 2 is 2.21 bits per heavy atom. The standard InChI is InChI=1S/C11H13N3/c1-3-10-7-13-11(14-10)9-4-5-12-8(2)6-9/h4-7H,3H2,1-2H3,(H,13,14). The summed E-state index contributed by atoms with van der Waals surface area (Å²) in [4.78, 5) is 11.7. The van der Waals surface area contributed by atoms with Crippen molar-refractivity contribution in [2.24, 2.45) is 0 Å². The van der Waals surface area contributed by atoms with Gasteiger partial charge in [-0.25, -0.2) is 4.98 Å². The summed E-state index contributed by atoms with van der Waals surface area (Å²) in [6.45, 7) is 4.09.